The Balaban J connectivity index is 1.68. The molecule has 0 unspecified atom stereocenters. The molecule has 0 radical (unpaired) electrons. The Morgan fingerprint density at radius 3 is 2.96 bits per heavy atom. The highest BCUT2D eigenvalue weighted by molar-refractivity contribution is 5.93. The van der Waals surface area contributed by atoms with Gasteiger partial charge >= 0.3 is 0 Å². The molecule has 4 heterocycles. The third kappa shape index (κ3) is 2.25. The molecule has 4 rings (SSSR count). The average Bonchev–Trinajstić information content (AvgIpc) is 3.00. The summed E-state index contributed by atoms with van der Waals surface area (Å²) < 4.78 is 1.96. The van der Waals surface area contributed by atoms with E-state index < -0.39 is 0 Å². The Bertz CT molecular complexity index is 783. The second-order valence-corrected chi connectivity index (χ2v) is 7.59. The van der Waals surface area contributed by atoms with Crippen LogP contribution < -0.4 is 0 Å². The number of piperidine rings is 2. The molecule has 2 aliphatic heterocycles. The van der Waals surface area contributed by atoms with Gasteiger partial charge in [0.05, 0.1) is 6.04 Å². The number of imidazole rings is 1. The standard InChI is InChI=1S/C19H26N4O/c1-14-7-4-11-22-13-15(20-17(14)22)18(24)23-12-6-9-19(2)16(23)8-5-10-21(19)3/h4,7,11,13,16H,5-6,8-10,12H2,1-3H3/t16-,19-/m0/s1. The van der Waals surface area contributed by atoms with Crippen LogP contribution in [-0.2, 0) is 0 Å². The van der Waals surface area contributed by atoms with Crippen LogP contribution in [0.5, 0.6) is 0 Å². The molecule has 0 aromatic carbocycles. The van der Waals surface area contributed by atoms with Crippen molar-refractivity contribution in [3.63, 3.8) is 0 Å². The maximum Gasteiger partial charge on any atom is 0.274 e. The van der Waals surface area contributed by atoms with Crippen molar-refractivity contribution < 1.29 is 4.79 Å². The van der Waals surface area contributed by atoms with E-state index in [0.29, 0.717) is 11.7 Å². The summed E-state index contributed by atoms with van der Waals surface area (Å²) in [6.45, 7) is 6.33. The van der Waals surface area contributed by atoms with Crippen LogP contribution in [0.15, 0.2) is 24.5 Å². The average molecular weight is 326 g/mol. The maximum absolute atomic E-state index is 13.2. The smallest absolute Gasteiger partial charge is 0.274 e. The number of fused-ring (bicyclic) bond motifs is 2. The number of hydrogen-bond donors (Lipinski definition) is 0. The molecule has 2 aliphatic rings. The van der Waals surface area contributed by atoms with Gasteiger partial charge in [-0.15, -0.1) is 0 Å². The quantitative estimate of drug-likeness (QED) is 0.809. The van der Waals surface area contributed by atoms with E-state index in [2.05, 4.69) is 28.8 Å². The van der Waals surface area contributed by atoms with Crippen molar-refractivity contribution in [3.05, 3.63) is 35.8 Å². The number of pyridine rings is 1. The Hall–Kier alpha value is -1.88. The van der Waals surface area contributed by atoms with Crippen molar-refractivity contribution in [2.45, 2.75) is 51.1 Å². The first-order valence-corrected chi connectivity index (χ1v) is 8.97. The number of likely N-dealkylation sites (N-methyl/N-ethyl adjacent to an activating group) is 1. The van der Waals surface area contributed by atoms with Crippen molar-refractivity contribution in [1.29, 1.82) is 0 Å². The number of carbonyl (C=O) groups excluding carboxylic acids is 1. The first kappa shape index (κ1) is 15.6. The fourth-order valence-electron chi connectivity index (χ4n) is 4.60. The Labute approximate surface area is 143 Å². The molecular formula is C19H26N4O. The summed E-state index contributed by atoms with van der Waals surface area (Å²) in [5.74, 6) is 0.0873. The van der Waals surface area contributed by atoms with Gasteiger partial charge in [0.2, 0.25) is 0 Å². The molecule has 24 heavy (non-hydrogen) atoms. The van der Waals surface area contributed by atoms with E-state index in [1.807, 2.05) is 35.9 Å². The van der Waals surface area contributed by atoms with Crippen LogP contribution >= 0.6 is 0 Å². The van der Waals surface area contributed by atoms with Gasteiger partial charge in [0.15, 0.2) is 0 Å². The van der Waals surface area contributed by atoms with E-state index in [0.717, 1.165) is 43.6 Å². The Morgan fingerprint density at radius 1 is 1.33 bits per heavy atom. The van der Waals surface area contributed by atoms with Gasteiger partial charge in [-0.3, -0.25) is 9.69 Å². The number of hydrogen-bond acceptors (Lipinski definition) is 3. The second kappa shape index (κ2) is 5.59. The minimum Gasteiger partial charge on any atom is -0.332 e. The Morgan fingerprint density at radius 2 is 2.17 bits per heavy atom. The van der Waals surface area contributed by atoms with Crippen molar-refractivity contribution in [3.8, 4) is 0 Å². The predicted molar refractivity (Wildman–Crippen MR) is 94.3 cm³/mol. The van der Waals surface area contributed by atoms with Crippen LogP contribution in [0.4, 0.5) is 0 Å². The second-order valence-electron chi connectivity index (χ2n) is 7.59. The zero-order valence-electron chi connectivity index (χ0n) is 14.8. The van der Waals surface area contributed by atoms with E-state index in [-0.39, 0.29) is 11.4 Å². The third-order valence-electron chi connectivity index (χ3n) is 6.18. The normalized spacial score (nSPS) is 28.1. The lowest BCUT2D eigenvalue weighted by molar-refractivity contribution is -0.0349. The lowest BCUT2D eigenvalue weighted by Gasteiger charge is -2.55. The van der Waals surface area contributed by atoms with Gasteiger partial charge in [0.1, 0.15) is 11.3 Å². The van der Waals surface area contributed by atoms with Gasteiger partial charge in [-0.1, -0.05) is 6.07 Å². The van der Waals surface area contributed by atoms with Crippen molar-refractivity contribution in [2.75, 3.05) is 20.1 Å². The molecule has 1 amide bonds. The lowest BCUT2D eigenvalue weighted by atomic mass is 9.76. The summed E-state index contributed by atoms with van der Waals surface area (Å²) in [6, 6.07) is 4.32. The number of likely N-dealkylation sites (tertiary alicyclic amines) is 2. The monoisotopic (exact) mass is 326 g/mol. The molecule has 0 saturated carbocycles. The molecule has 2 fully saturated rings. The minimum atomic E-state index is 0.0873. The van der Waals surface area contributed by atoms with Crippen molar-refractivity contribution in [1.82, 2.24) is 19.2 Å². The predicted octanol–water partition coefficient (Wildman–Crippen LogP) is 2.73. The third-order valence-corrected chi connectivity index (χ3v) is 6.18. The number of nitrogens with zero attached hydrogens (tertiary/aromatic N) is 4. The first-order chi connectivity index (χ1) is 11.5. The molecule has 128 valence electrons. The molecule has 5 nitrogen and oxygen atoms in total. The highest BCUT2D eigenvalue weighted by Crippen LogP contribution is 2.38. The van der Waals surface area contributed by atoms with Gasteiger partial charge < -0.3 is 9.30 Å². The molecule has 0 aliphatic carbocycles. The van der Waals surface area contributed by atoms with E-state index in [4.69, 9.17) is 0 Å². The fourth-order valence-corrected chi connectivity index (χ4v) is 4.60. The number of rotatable bonds is 1. The van der Waals surface area contributed by atoms with Gasteiger partial charge in [-0.25, -0.2) is 4.98 Å². The van der Waals surface area contributed by atoms with Crippen LogP contribution in [0.1, 0.15) is 48.7 Å². The van der Waals surface area contributed by atoms with E-state index in [1.54, 1.807) is 0 Å². The van der Waals surface area contributed by atoms with Gasteiger partial charge in [-0.2, -0.15) is 0 Å². The zero-order valence-corrected chi connectivity index (χ0v) is 14.8. The summed E-state index contributed by atoms with van der Waals surface area (Å²) in [7, 11) is 2.20. The van der Waals surface area contributed by atoms with Crippen LogP contribution in [0.2, 0.25) is 0 Å². The molecule has 2 atom stereocenters. The van der Waals surface area contributed by atoms with Gasteiger partial charge in [0, 0.05) is 24.5 Å². The minimum absolute atomic E-state index is 0.0873. The number of aryl methyl sites for hydroxylation is 1. The first-order valence-electron chi connectivity index (χ1n) is 8.97. The SMILES string of the molecule is Cc1cccn2cc(C(=O)N3CCC[C@@]4(C)[C@@H]3CCCN4C)nc12. The van der Waals surface area contributed by atoms with Gasteiger partial charge in [0.25, 0.3) is 5.91 Å². The van der Waals surface area contributed by atoms with Crippen molar-refractivity contribution in [2.24, 2.45) is 0 Å². The molecule has 0 spiro atoms. The summed E-state index contributed by atoms with van der Waals surface area (Å²) in [5, 5.41) is 0. The molecule has 5 heteroatoms. The summed E-state index contributed by atoms with van der Waals surface area (Å²) in [5.41, 5.74) is 2.64. The maximum atomic E-state index is 13.2. The van der Waals surface area contributed by atoms with Crippen LogP contribution in [0.25, 0.3) is 5.65 Å². The molecule has 2 aromatic heterocycles. The topological polar surface area (TPSA) is 40.9 Å². The zero-order chi connectivity index (χ0) is 16.9. The van der Waals surface area contributed by atoms with Crippen LogP contribution in [0.3, 0.4) is 0 Å². The molecule has 0 bridgehead atoms. The highest BCUT2D eigenvalue weighted by Gasteiger charge is 2.47. The summed E-state index contributed by atoms with van der Waals surface area (Å²) in [4.78, 5) is 22.4. The van der Waals surface area contributed by atoms with Crippen LogP contribution in [-0.4, -0.2) is 56.8 Å². The summed E-state index contributed by atoms with van der Waals surface area (Å²) in [6.07, 6.45) is 8.32. The molecule has 0 N–H and O–H groups in total. The summed E-state index contributed by atoms with van der Waals surface area (Å²) >= 11 is 0. The number of carbonyl (C=O) groups is 1. The van der Waals surface area contributed by atoms with E-state index in [1.165, 1.54) is 6.42 Å². The van der Waals surface area contributed by atoms with Gasteiger partial charge in [-0.05, 0) is 64.8 Å². The fraction of sp³-hybridized carbons (Fsp3) is 0.579. The number of aromatic nitrogens is 2. The van der Waals surface area contributed by atoms with E-state index >= 15 is 0 Å². The van der Waals surface area contributed by atoms with Crippen LogP contribution in [0, 0.1) is 6.92 Å². The number of amides is 1. The molecule has 2 aromatic rings. The highest BCUT2D eigenvalue weighted by atomic mass is 16.2. The Kier molecular flexibility index (Phi) is 3.64. The lowest BCUT2D eigenvalue weighted by Crippen LogP contribution is -2.66. The largest absolute Gasteiger partial charge is 0.332 e. The van der Waals surface area contributed by atoms with Crippen molar-refractivity contribution >= 4 is 11.6 Å². The molecular weight excluding hydrogens is 300 g/mol. The van der Waals surface area contributed by atoms with E-state index in [9.17, 15) is 4.79 Å². The molecule has 2 saturated heterocycles.